The second kappa shape index (κ2) is 9.44. The van der Waals surface area contributed by atoms with Crippen LogP contribution >= 0.6 is 31.9 Å². The quantitative estimate of drug-likeness (QED) is 0.543. The molecule has 2 rings (SSSR count). The van der Waals surface area contributed by atoms with Gasteiger partial charge >= 0.3 is 0 Å². The van der Waals surface area contributed by atoms with Crippen LogP contribution < -0.4 is 14.8 Å². The van der Waals surface area contributed by atoms with Gasteiger partial charge in [0.05, 0.1) is 17.7 Å². The summed E-state index contributed by atoms with van der Waals surface area (Å²) in [6.45, 7) is 5.73. The Morgan fingerprint density at radius 1 is 1.08 bits per heavy atom. The molecule has 0 spiro atoms. The molecule has 0 saturated heterocycles. The summed E-state index contributed by atoms with van der Waals surface area (Å²) in [6, 6.07) is 12.3. The van der Waals surface area contributed by atoms with Crippen molar-refractivity contribution in [3.05, 3.63) is 56.5 Å². The number of rotatable bonds is 8. The van der Waals surface area contributed by atoms with Gasteiger partial charge < -0.3 is 14.8 Å². The average Bonchev–Trinajstić information content (AvgIpc) is 2.55. The molecule has 5 heteroatoms. The number of ether oxygens (including phenoxy) is 2. The summed E-state index contributed by atoms with van der Waals surface area (Å²) in [5, 5.41) is 3.49. The number of nitrogens with one attached hydrogen (secondary N) is 1. The zero-order chi connectivity index (χ0) is 17.5. The summed E-state index contributed by atoms with van der Waals surface area (Å²) in [7, 11) is 1.68. The Hall–Kier alpha value is -1.04. The highest BCUT2D eigenvalue weighted by Crippen LogP contribution is 2.33. The minimum absolute atomic E-state index is 0.139. The van der Waals surface area contributed by atoms with Gasteiger partial charge in [0.2, 0.25) is 0 Å². The highest BCUT2D eigenvalue weighted by Gasteiger charge is 2.11. The van der Waals surface area contributed by atoms with Crippen molar-refractivity contribution in [3.8, 4) is 11.5 Å². The molecule has 0 unspecified atom stereocenters. The van der Waals surface area contributed by atoms with Gasteiger partial charge in [0.15, 0.2) is 0 Å². The van der Waals surface area contributed by atoms with Gasteiger partial charge in [-0.3, -0.25) is 0 Å². The van der Waals surface area contributed by atoms with E-state index in [4.69, 9.17) is 9.47 Å². The van der Waals surface area contributed by atoms with E-state index >= 15 is 0 Å². The van der Waals surface area contributed by atoms with Gasteiger partial charge in [0.25, 0.3) is 0 Å². The molecule has 0 bridgehead atoms. The normalized spacial score (nSPS) is 10.9. The van der Waals surface area contributed by atoms with E-state index in [0.717, 1.165) is 45.5 Å². The van der Waals surface area contributed by atoms with E-state index in [-0.39, 0.29) is 6.10 Å². The van der Waals surface area contributed by atoms with Crippen LogP contribution in [0.15, 0.2) is 45.3 Å². The smallest absolute Gasteiger partial charge is 0.138 e. The number of halogens is 2. The van der Waals surface area contributed by atoms with Crippen molar-refractivity contribution in [1.82, 2.24) is 5.32 Å². The summed E-state index contributed by atoms with van der Waals surface area (Å²) in [4.78, 5) is 0. The fourth-order valence-electron chi connectivity index (χ4n) is 2.36. The molecule has 0 radical (unpaired) electrons. The topological polar surface area (TPSA) is 30.5 Å². The monoisotopic (exact) mass is 455 g/mol. The maximum atomic E-state index is 5.95. The molecule has 0 amide bonds. The third-order valence-electron chi connectivity index (χ3n) is 3.50. The summed E-state index contributed by atoms with van der Waals surface area (Å²) in [5.74, 6) is 1.80. The van der Waals surface area contributed by atoms with Crippen molar-refractivity contribution in [2.24, 2.45) is 0 Å². The molecule has 0 aliphatic rings. The molecule has 1 N–H and O–H groups in total. The molecule has 3 nitrogen and oxygen atoms in total. The Labute approximate surface area is 161 Å². The molecule has 130 valence electrons. The summed E-state index contributed by atoms with van der Waals surface area (Å²) < 4.78 is 13.1. The molecule has 0 fully saturated rings. The first-order valence-electron chi connectivity index (χ1n) is 7.98. The van der Waals surface area contributed by atoms with E-state index in [2.05, 4.69) is 55.4 Å². The highest BCUT2D eigenvalue weighted by molar-refractivity contribution is 9.11. The van der Waals surface area contributed by atoms with E-state index in [1.807, 2.05) is 32.0 Å². The maximum absolute atomic E-state index is 5.95. The van der Waals surface area contributed by atoms with Crippen LogP contribution in [-0.4, -0.2) is 19.8 Å². The van der Waals surface area contributed by atoms with Crippen molar-refractivity contribution in [1.29, 1.82) is 0 Å². The third-order valence-corrected chi connectivity index (χ3v) is 4.55. The van der Waals surface area contributed by atoms with E-state index < -0.39 is 0 Å². The van der Waals surface area contributed by atoms with Gasteiger partial charge in [-0.05, 0) is 72.6 Å². The standard InChI is InChI=1S/C19H23Br2NO2/c1-13(2)24-19-15(10-16(20)11-18(19)21)12-22-9-8-14-4-6-17(23-3)7-5-14/h4-7,10-11,13,22H,8-9,12H2,1-3H3. The lowest BCUT2D eigenvalue weighted by atomic mass is 10.1. The van der Waals surface area contributed by atoms with Crippen LogP contribution in [0.1, 0.15) is 25.0 Å². The van der Waals surface area contributed by atoms with Crippen LogP contribution in [0, 0.1) is 0 Å². The second-order valence-corrected chi connectivity index (χ2v) is 7.59. The zero-order valence-corrected chi connectivity index (χ0v) is 17.4. The molecule has 2 aromatic carbocycles. The van der Waals surface area contributed by atoms with Crippen LogP contribution in [-0.2, 0) is 13.0 Å². The molecular weight excluding hydrogens is 434 g/mol. The van der Waals surface area contributed by atoms with Gasteiger partial charge in [-0.25, -0.2) is 0 Å². The van der Waals surface area contributed by atoms with Crippen molar-refractivity contribution >= 4 is 31.9 Å². The molecule has 0 aliphatic heterocycles. The number of hydrogen-bond acceptors (Lipinski definition) is 3. The Kier molecular flexibility index (Phi) is 7.59. The Balaban J connectivity index is 1.93. The Bertz CT molecular complexity index is 657. The van der Waals surface area contributed by atoms with E-state index in [0.29, 0.717) is 0 Å². The molecular formula is C19H23Br2NO2. The first kappa shape index (κ1) is 19.3. The summed E-state index contributed by atoms with van der Waals surface area (Å²) in [6.07, 6.45) is 1.11. The minimum Gasteiger partial charge on any atom is -0.497 e. The van der Waals surface area contributed by atoms with Crippen molar-refractivity contribution in [2.45, 2.75) is 32.9 Å². The van der Waals surface area contributed by atoms with Gasteiger partial charge in [-0.1, -0.05) is 28.1 Å². The molecule has 0 saturated carbocycles. The van der Waals surface area contributed by atoms with E-state index in [1.165, 1.54) is 5.56 Å². The lowest BCUT2D eigenvalue weighted by Crippen LogP contribution is -2.18. The molecule has 0 atom stereocenters. The lowest BCUT2D eigenvalue weighted by Gasteiger charge is -2.17. The largest absolute Gasteiger partial charge is 0.497 e. The lowest BCUT2D eigenvalue weighted by molar-refractivity contribution is 0.238. The SMILES string of the molecule is COc1ccc(CCNCc2cc(Br)cc(Br)c2OC(C)C)cc1. The van der Waals surface area contributed by atoms with E-state index in [9.17, 15) is 0 Å². The Morgan fingerprint density at radius 2 is 1.79 bits per heavy atom. The Morgan fingerprint density at radius 3 is 2.42 bits per heavy atom. The number of methoxy groups -OCH3 is 1. The maximum Gasteiger partial charge on any atom is 0.138 e. The average molecular weight is 457 g/mol. The summed E-state index contributed by atoms with van der Waals surface area (Å²) in [5.41, 5.74) is 2.43. The predicted octanol–water partition coefficient (Wildman–Crippen LogP) is 5.34. The first-order chi connectivity index (χ1) is 11.5. The fraction of sp³-hybridized carbons (Fsp3) is 0.368. The zero-order valence-electron chi connectivity index (χ0n) is 14.2. The molecule has 24 heavy (non-hydrogen) atoms. The van der Waals surface area contributed by atoms with Crippen LogP contribution in [0.3, 0.4) is 0 Å². The van der Waals surface area contributed by atoms with E-state index in [1.54, 1.807) is 7.11 Å². The summed E-state index contributed by atoms with van der Waals surface area (Å²) >= 11 is 7.14. The molecule has 0 aromatic heterocycles. The highest BCUT2D eigenvalue weighted by atomic mass is 79.9. The van der Waals surface area contributed by atoms with Gasteiger partial charge in [-0.2, -0.15) is 0 Å². The molecule has 2 aromatic rings. The van der Waals surface area contributed by atoms with Gasteiger partial charge in [0, 0.05) is 16.6 Å². The van der Waals surface area contributed by atoms with Crippen molar-refractivity contribution in [2.75, 3.05) is 13.7 Å². The van der Waals surface area contributed by atoms with Crippen LogP contribution in [0.25, 0.3) is 0 Å². The molecule has 0 aliphatic carbocycles. The minimum atomic E-state index is 0.139. The van der Waals surface area contributed by atoms with Crippen LogP contribution in [0.5, 0.6) is 11.5 Å². The number of benzene rings is 2. The van der Waals surface area contributed by atoms with Gasteiger partial charge in [0.1, 0.15) is 11.5 Å². The van der Waals surface area contributed by atoms with Gasteiger partial charge in [-0.15, -0.1) is 0 Å². The third kappa shape index (κ3) is 5.80. The molecule has 0 heterocycles. The van der Waals surface area contributed by atoms with Crippen LogP contribution in [0.2, 0.25) is 0 Å². The first-order valence-corrected chi connectivity index (χ1v) is 9.56. The predicted molar refractivity (Wildman–Crippen MR) is 106 cm³/mol. The second-order valence-electron chi connectivity index (χ2n) is 5.82. The van der Waals surface area contributed by atoms with Crippen molar-refractivity contribution < 1.29 is 9.47 Å². The van der Waals surface area contributed by atoms with Crippen LogP contribution in [0.4, 0.5) is 0 Å². The van der Waals surface area contributed by atoms with Crippen molar-refractivity contribution in [3.63, 3.8) is 0 Å². The fourth-order valence-corrected chi connectivity index (χ4v) is 3.77. The number of hydrogen-bond donors (Lipinski definition) is 1.